The van der Waals surface area contributed by atoms with E-state index in [1.54, 1.807) is 0 Å². The Kier molecular flexibility index (Phi) is 7.08. The molecular weight excluding hydrogens is 745 g/mol. The quantitative estimate of drug-likeness (QED) is 0.167. The molecule has 1 aliphatic heterocycles. The zero-order chi connectivity index (χ0) is 40.3. The average Bonchev–Trinajstić information content (AvgIpc) is 3.79. The molecule has 0 unspecified atom stereocenters. The lowest BCUT2D eigenvalue weighted by atomic mass is 9.98. The van der Waals surface area contributed by atoms with E-state index >= 15 is 0 Å². The number of rotatable bonds is 4. The molecular formula is C56H36N4O. The van der Waals surface area contributed by atoms with Crippen molar-refractivity contribution < 1.29 is 4.74 Å². The highest BCUT2D eigenvalue weighted by Crippen LogP contribution is 2.46. The molecule has 3 aromatic heterocycles. The van der Waals surface area contributed by atoms with Crippen molar-refractivity contribution in [1.82, 2.24) is 19.1 Å². The van der Waals surface area contributed by atoms with Crippen molar-refractivity contribution in [2.75, 3.05) is 0 Å². The van der Waals surface area contributed by atoms with Crippen molar-refractivity contribution in [2.45, 2.75) is 13.8 Å². The lowest BCUT2D eigenvalue weighted by molar-refractivity contribution is 0.486. The number of nitrogens with zero attached hydrogens (tertiary/aromatic N) is 4. The maximum absolute atomic E-state index is 6.33. The van der Waals surface area contributed by atoms with Crippen molar-refractivity contribution in [1.29, 1.82) is 0 Å². The fourth-order valence-corrected chi connectivity index (χ4v) is 9.97. The zero-order valence-electron chi connectivity index (χ0n) is 33.5. The van der Waals surface area contributed by atoms with E-state index in [0.29, 0.717) is 5.95 Å². The highest BCUT2D eigenvalue weighted by Gasteiger charge is 2.25. The van der Waals surface area contributed by atoms with Gasteiger partial charge in [0.25, 0.3) is 0 Å². The molecule has 286 valence electrons. The summed E-state index contributed by atoms with van der Waals surface area (Å²) >= 11 is 0. The minimum absolute atomic E-state index is 0.641. The predicted octanol–water partition coefficient (Wildman–Crippen LogP) is 14.8. The highest BCUT2D eigenvalue weighted by atomic mass is 16.5. The molecule has 4 heterocycles. The number of fused-ring (bicyclic) bond motifs is 11. The minimum Gasteiger partial charge on any atom is -0.456 e. The highest BCUT2D eigenvalue weighted by molar-refractivity contribution is 6.15. The van der Waals surface area contributed by atoms with Crippen LogP contribution in [0.3, 0.4) is 0 Å². The Morgan fingerprint density at radius 2 is 1.20 bits per heavy atom. The average molecular weight is 781 g/mol. The maximum Gasteiger partial charge on any atom is 0.235 e. The second-order valence-electron chi connectivity index (χ2n) is 16.2. The molecule has 0 spiro atoms. The molecule has 1 aliphatic rings. The molecule has 0 aliphatic carbocycles. The summed E-state index contributed by atoms with van der Waals surface area (Å²) in [5, 5.41) is 12.0. The zero-order valence-corrected chi connectivity index (χ0v) is 33.5. The Bertz CT molecular complexity index is 3890. The predicted molar refractivity (Wildman–Crippen MR) is 253 cm³/mol. The monoisotopic (exact) mass is 780 g/mol. The summed E-state index contributed by atoms with van der Waals surface area (Å²) in [4.78, 5) is 10.6. The van der Waals surface area contributed by atoms with E-state index in [-0.39, 0.29) is 0 Å². The van der Waals surface area contributed by atoms with E-state index in [9.17, 15) is 0 Å². The Morgan fingerprint density at radius 1 is 0.508 bits per heavy atom. The number of benzene rings is 9. The van der Waals surface area contributed by atoms with Gasteiger partial charge in [-0.05, 0) is 124 Å². The second kappa shape index (κ2) is 12.7. The van der Waals surface area contributed by atoms with Gasteiger partial charge in [-0.3, -0.25) is 4.57 Å². The molecule has 0 fully saturated rings. The van der Waals surface area contributed by atoms with Gasteiger partial charge in [-0.25, -0.2) is 9.97 Å². The summed E-state index contributed by atoms with van der Waals surface area (Å²) in [6.45, 7) is 4.43. The SMILES string of the molecule is C/C(=C\c1c(C)n(-c2nc3c4c(cccc4n2)Oc2ccccc2-3)c2ccc3ccccc3c12)c1ccc2c(c1)c1ccccc1n2-c1ccc2c(ccc3ccccc32)c1. The van der Waals surface area contributed by atoms with Crippen LogP contribution in [0.25, 0.3) is 110 Å². The smallest absolute Gasteiger partial charge is 0.235 e. The molecule has 61 heavy (non-hydrogen) atoms. The number of aromatic nitrogens is 4. The van der Waals surface area contributed by atoms with Crippen LogP contribution in [0.15, 0.2) is 176 Å². The molecule has 0 amide bonds. The number of hydrogen-bond donors (Lipinski definition) is 0. The van der Waals surface area contributed by atoms with Gasteiger partial charge in [-0.15, -0.1) is 0 Å². The molecule has 5 nitrogen and oxygen atoms in total. The van der Waals surface area contributed by atoms with Crippen LogP contribution >= 0.6 is 0 Å². The van der Waals surface area contributed by atoms with Crippen LogP contribution in [-0.2, 0) is 0 Å². The van der Waals surface area contributed by atoms with Gasteiger partial charge < -0.3 is 9.30 Å². The van der Waals surface area contributed by atoms with E-state index in [4.69, 9.17) is 14.7 Å². The third-order valence-corrected chi connectivity index (χ3v) is 12.9. The lowest BCUT2D eigenvalue weighted by Gasteiger charge is -2.21. The van der Waals surface area contributed by atoms with Gasteiger partial charge in [0.15, 0.2) is 0 Å². The summed E-state index contributed by atoms with van der Waals surface area (Å²) in [5.41, 5.74) is 11.9. The molecule has 9 aromatic carbocycles. The summed E-state index contributed by atoms with van der Waals surface area (Å²) in [6, 6.07) is 63.0. The number of ether oxygens (including phenoxy) is 1. The lowest BCUT2D eigenvalue weighted by Crippen LogP contribution is -2.07. The van der Waals surface area contributed by atoms with Crippen molar-refractivity contribution in [3.8, 4) is 34.4 Å². The molecule has 0 N–H and O–H groups in total. The normalized spacial score (nSPS) is 12.7. The first-order valence-corrected chi connectivity index (χ1v) is 20.8. The van der Waals surface area contributed by atoms with Gasteiger partial charge in [0, 0.05) is 38.7 Å². The summed E-state index contributed by atoms with van der Waals surface area (Å²) in [5.74, 6) is 2.23. The summed E-state index contributed by atoms with van der Waals surface area (Å²) < 4.78 is 11.0. The molecule has 0 radical (unpaired) electrons. The van der Waals surface area contributed by atoms with Crippen molar-refractivity contribution >= 4 is 87.6 Å². The maximum atomic E-state index is 6.33. The van der Waals surface area contributed by atoms with Crippen LogP contribution in [0.5, 0.6) is 11.5 Å². The largest absolute Gasteiger partial charge is 0.456 e. The Hall–Kier alpha value is -8.02. The molecule has 0 saturated carbocycles. The van der Waals surface area contributed by atoms with Crippen LogP contribution in [-0.4, -0.2) is 19.1 Å². The van der Waals surface area contributed by atoms with Crippen molar-refractivity contribution in [2.24, 2.45) is 0 Å². The Morgan fingerprint density at radius 3 is 2.10 bits per heavy atom. The van der Waals surface area contributed by atoms with E-state index in [1.807, 2.05) is 30.3 Å². The molecule has 5 heteroatoms. The van der Waals surface area contributed by atoms with Crippen LogP contribution in [0.4, 0.5) is 0 Å². The topological polar surface area (TPSA) is 44.9 Å². The van der Waals surface area contributed by atoms with Gasteiger partial charge in [-0.1, -0.05) is 115 Å². The van der Waals surface area contributed by atoms with E-state index < -0.39 is 0 Å². The minimum atomic E-state index is 0.641. The first-order chi connectivity index (χ1) is 30.1. The van der Waals surface area contributed by atoms with Crippen molar-refractivity contribution in [3.63, 3.8) is 0 Å². The molecule has 0 bridgehead atoms. The van der Waals surface area contributed by atoms with Crippen LogP contribution in [0.2, 0.25) is 0 Å². The third kappa shape index (κ3) is 4.95. The van der Waals surface area contributed by atoms with Gasteiger partial charge in [0.05, 0.1) is 33.1 Å². The first kappa shape index (κ1) is 33.9. The Labute approximate surface area is 351 Å². The standard InChI is InChI=1S/C56H36N4O/c1-33(37-25-28-49-46(32-37)43-16-7-9-19-48(43)60(49)39-26-27-41-38(31-39)23-22-35-12-3-5-14-40(35)41)30-45-34(2)59(50-29-24-36-13-4-6-15-42(36)53(45)50)56-57-47-18-11-21-52-54(47)55(58-56)44-17-8-10-20-51(44)61-52/h3-32H,1-2H3/b33-30+. The van der Waals surface area contributed by atoms with Crippen LogP contribution in [0, 0.1) is 6.92 Å². The van der Waals surface area contributed by atoms with Crippen LogP contribution in [0.1, 0.15) is 23.7 Å². The van der Waals surface area contributed by atoms with Crippen LogP contribution < -0.4 is 4.74 Å². The number of hydrogen-bond acceptors (Lipinski definition) is 3. The number of allylic oxidation sites excluding steroid dienone is 1. The summed E-state index contributed by atoms with van der Waals surface area (Å²) in [6.07, 6.45) is 2.36. The van der Waals surface area contributed by atoms with E-state index in [1.165, 1.54) is 70.6 Å². The second-order valence-corrected chi connectivity index (χ2v) is 16.2. The molecule has 0 atom stereocenters. The fourth-order valence-electron chi connectivity index (χ4n) is 9.97. The van der Waals surface area contributed by atoms with Gasteiger partial charge in [-0.2, -0.15) is 0 Å². The molecule has 0 saturated heterocycles. The van der Waals surface area contributed by atoms with Crippen molar-refractivity contribution in [3.05, 3.63) is 193 Å². The van der Waals surface area contributed by atoms with Gasteiger partial charge >= 0.3 is 0 Å². The number of para-hydroxylation sites is 2. The van der Waals surface area contributed by atoms with Gasteiger partial charge in [0.1, 0.15) is 11.5 Å². The Balaban J connectivity index is 0.995. The molecule has 13 rings (SSSR count). The summed E-state index contributed by atoms with van der Waals surface area (Å²) in [7, 11) is 0. The first-order valence-electron chi connectivity index (χ1n) is 20.8. The fraction of sp³-hybridized carbons (Fsp3) is 0.0357. The van der Waals surface area contributed by atoms with E-state index in [0.717, 1.165) is 56.1 Å². The third-order valence-electron chi connectivity index (χ3n) is 12.9. The van der Waals surface area contributed by atoms with E-state index in [2.05, 4.69) is 175 Å². The van der Waals surface area contributed by atoms with Gasteiger partial charge in [0.2, 0.25) is 5.95 Å². The molecule has 12 aromatic rings.